The monoisotopic (exact) mass is 257 g/mol. The summed E-state index contributed by atoms with van der Waals surface area (Å²) in [5.41, 5.74) is 5.55. The van der Waals surface area contributed by atoms with Crippen LogP contribution in [-0.4, -0.2) is 13.7 Å². The van der Waals surface area contributed by atoms with E-state index in [0.29, 0.717) is 0 Å². The zero-order chi connectivity index (χ0) is 13.1. The van der Waals surface area contributed by atoms with Crippen LogP contribution in [0.1, 0.15) is 13.3 Å². The maximum Gasteiger partial charge on any atom is 0.249 e. The van der Waals surface area contributed by atoms with Crippen LogP contribution < -0.4 is 10.5 Å². The third-order valence-electron chi connectivity index (χ3n) is 2.16. The Kier molecular flexibility index (Phi) is 3.91. The molecule has 0 spiro atoms. The minimum absolute atomic E-state index is 0.0568. The lowest BCUT2D eigenvalue weighted by Gasteiger charge is -2.12. The van der Waals surface area contributed by atoms with E-state index in [4.69, 9.17) is 11.0 Å². The SMILES string of the molecule is CCC(C#N)S(=O)(=O)Nc1cc(F)ccc1N. The van der Waals surface area contributed by atoms with Crippen molar-refractivity contribution >= 4 is 21.4 Å². The minimum atomic E-state index is -3.87. The quantitative estimate of drug-likeness (QED) is 0.798. The Morgan fingerprint density at radius 2 is 2.24 bits per heavy atom. The Hall–Kier alpha value is -1.81. The average molecular weight is 257 g/mol. The summed E-state index contributed by atoms with van der Waals surface area (Å²) < 4.78 is 38.5. The first-order valence-electron chi connectivity index (χ1n) is 4.87. The topological polar surface area (TPSA) is 96.0 Å². The van der Waals surface area contributed by atoms with Crippen molar-refractivity contribution in [3.8, 4) is 6.07 Å². The summed E-state index contributed by atoms with van der Waals surface area (Å²) in [4.78, 5) is 0. The second kappa shape index (κ2) is 5.01. The highest BCUT2D eigenvalue weighted by molar-refractivity contribution is 7.93. The predicted molar refractivity (Wildman–Crippen MR) is 63.0 cm³/mol. The molecule has 0 aliphatic rings. The molecule has 0 fully saturated rings. The first-order valence-corrected chi connectivity index (χ1v) is 6.41. The number of nitrogens with zero attached hydrogens (tertiary/aromatic N) is 1. The van der Waals surface area contributed by atoms with Crippen LogP contribution >= 0.6 is 0 Å². The van der Waals surface area contributed by atoms with E-state index >= 15 is 0 Å². The highest BCUT2D eigenvalue weighted by Gasteiger charge is 2.24. The van der Waals surface area contributed by atoms with E-state index in [2.05, 4.69) is 4.72 Å². The molecule has 0 aliphatic carbocycles. The number of nitrogen functional groups attached to an aromatic ring is 1. The van der Waals surface area contributed by atoms with E-state index in [1.165, 1.54) is 6.07 Å². The van der Waals surface area contributed by atoms with Gasteiger partial charge in [-0.3, -0.25) is 4.72 Å². The van der Waals surface area contributed by atoms with Gasteiger partial charge in [0, 0.05) is 6.07 Å². The summed E-state index contributed by atoms with van der Waals surface area (Å²) in [5, 5.41) is 7.50. The molecule has 0 aliphatic heterocycles. The van der Waals surface area contributed by atoms with E-state index in [1.807, 2.05) is 0 Å². The summed E-state index contributed by atoms with van der Waals surface area (Å²) in [6.07, 6.45) is 0.140. The maximum absolute atomic E-state index is 12.9. The fourth-order valence-corrected chi connectivity index (χ4v) is 2.42. The molecule has 0 amide bonds. The van der Waals surface area contributed by atoms with Crippen LogP contribution in [0.5, 0.6) is 0 Å². The van der Waals surface area contributed by atoms with Gasteiger partial charge in [0.1, 0.15) is 5.82 Å². The lowest BCUT2D eigenvalue weighted by molar-refractivity contribution is 0.592. The third kappa shape index (κ3) is 3.07. The highest BCUT2D eigenvalue weighted by atomic mass is 32.2. The van der Waals surface area contributed by atoms with Crippen LogP contribution in [-0.2, 0) is 10.0 Å². The molecule has 1 unspecified atom stereocenters. The van der Waals surface area contributed by atoms with Gasteiger partial charge in [-0.25, -0.2) is 12.8 Å². The lowest BCUT2D eigenvalue weighted by atomic mass is 10.3. The van der Waals surface area contributed by atoms with Crippen LogP contribution in [0.3, 0.4) is 0 Å². The molecule has 0 bridgehead atoms. The van der Waals surface area contributed by atoms with Gasteiger partial charge in [-0.1, -0.05) is 6.92 Å². The second-order valence-corrected chi connectivity index (χ2v) is 5.27. The summed E-state index contributed by atoms with van der Waals surface area (Å²) in [5.74, 6) is -0.609. The fourth-order valence-electron chi connectivity index (χ4n) is 1.22. The van der Waals surface area contributed by atoms with Gasteiger partial charge in [-0.2, -0.15) is 5.26 Å². The molecule has 0 aromatic heterocycles. The van der Waals surface area contributed by atoms with Gasteiger partial charge in [0.05, 0.1) is 17.4 Å². The summed E-state index contributed by atoms with van der Waals surface area (Å²) >= 11 is 0. The van der Waals surface area contributed by atoms with Gasteiger partial charge in [0.2, 0.25) is 10.0 Å². The van der Waals surface area contributed by atoms with Crippen LogP contribution in [0, 0.1) is 17.1 Å². The summed E-state index contributed by atoms with van der Waals surface area (Å²) in [6.45, 7) is 1.57. The molecule has 1 aromatic carbocycles. The standard InChI is InChI=1S/C10H12FN3O2S/c1-2-8(6-12)17(15,16)14-10-5-7(11)3-4-9(10)13/h3-5,8,14H,2,13H2,1H3. The molecule has 3 N–H and O–H groups in total. The predicted octanol–water partition coefficient (Wildman–Crippen LogP) is 1.45. The number of rotatable bonds is 4. The third-order valence-corrected chi connectivity index (χ3v) is 3.85. The highest BCUT2D eigenvalue weighted by Crippen LogP contribution is 2.22. The molecule has 0 saturated carbocycles. The average Bonchev–Trinajstić information content (AvgIpc) is 2.24. The van der Waals surface area contributed by atoms with Crippen LogP contribution in [0.2, 0.25) is 0 Å². The Morgan fingerprint density at radius 1 is 1.59 bits per heavy atom. The van der Waals surface area contributed by atoms with Gasteiger partial charge < -0.3 is 5.73 Å². The van der Waals surface area contributed by atoms with E-state index in [1.54, 1.807) is 13.0 Å². The van der Waals surface area contributed by atoms with Crippen molar-refractivity contribution in [1.82, 2.24) is 0 Å². The molecule has 17 heavy (non-hydrogen) atoms. The maximum atomic E-state index is 12.9. The Balaban J connectivity index is 3.06. The number of nitrogens with one attached hydrogen (secondary N) is 1. The normalized spacial score (nSPS) is 12.8. The first-order chi connectivity index (χ1) is 7.90. The number of anilines is 2. The molecule has 1 rings (SSSR count). The zero-order valence-electron chi connectivity index (χ0n) is 9.14. The Bertz CT molecular complexity index is 551. The number of nitriles is 1. The lowest BCUT2D eigenvalue weighted by Crippen LogP contribution is -2.26. The number of hydrogen-bond acceptors (Lipinski definition) is 4. The molecule has 0 saturated heterocycles. The fraction of sp³-hybridized carbons (Fsp3) is 0.300. The number of hydrogen-bond donors (Lipinski definition) is 2. The second-order valence-electron chi connectivity index (χ2n) is 3.40. The molecule has 0 radical (unpaired) electrons. The van der Waals surface area contributed by atoms with Gasteiger partial charge in [-0.05, 0) is 18.6 Å². The zero-order valence-corrected chi connectivity index (χ0v) is 9.96. The Labute approximate surface area is 99.1 Å². The number of nitrogens with two attached hydrogens (primary N) is 1. The molecular weight excluding hydrogens is 245 g/mol. The van der Waals surface area contributed by atoms with Crippen molar-refractivity contribution in [2.75, 3.05) is 10.5 Å². The molecule has 92 valence electrons. The van der Waals surface area contributed by atoms with E-state index < -0.39 is 21.1 Å². The summed E-state index contributed by atoms with van der Waals surface area (Å²) in [6, 6.07) is 5.00. The molecule has 0 heterocycles. The van der Waals surface area contributed by atoms with Crippen molar-refractivity contribution in [1.29, 1.82) is 5.26 Å². The van der Waals surface area contributed by atoms with Crippen molar-refractivity contribution in [2.45, 2.75) is 18.6 Å². The van der Waals surface area contributed by atoms with Gasteiger partial charge >= 0.3 is 0 Å². The van der Waals surface area contributed by atoms with Crippen LogP contribution in [0.15, 0.2) is 18.2 Å². The van der Waals surface area contributed by atoms with Crippen molar-refractivity contribution < 1.29 is 12.8 Å². The van der Waals surface area contributed by atoms with Gasteiger partial charge in [0.15, 0.2) is 5.25 Å². The van der Waals surface area contributed by atoms with E-state index in [9.17, 15) is 12.8 Å². The van der Waals surface area contributed by atoms with Gasteiger partial charge in [0.25, 0.3) is 0 Å². The minimum Gasteiger partial charge on any atom is -0.397 e. The summed E-state index contributed by atoms with van der Waals surface area (Å²) in [7, 11) is -3.87. The van der Waals surface area contributed by atoms with Crippen LogP contribution in [0.25, 0.3) is 0 Å². The molecule has 7 heteroatoms. The Morgan fingerprint density at radius 3 is 2.76 bits per heavy atom. The molecule has 1 aromatic rings. The molecule has 1 atom stereocenters. The number of benzene rings is 1. The van der Waals surface area contributed by atoms with Crippen molar-refractivity contribution in [2.24, 2.45) is 0 Å². The van der Waals surface area contributed by atoms with Crippen molar-refractivity contribution in [3.63, 3.8) is 0 Å². The number of sulfonamides is 1. The smallest absolute Gasteiger partial charge is 0.249 e. The molecule has 5 nitrogen and oxygen atoms in total. The van der Waals surface area contributed by atoms with Crippen molar-refractivity contribution in [3.05, 3.63) is 24.0 Å². The van der Waals surface area contributed by atoms with E-state index in [-0.39, 0.29) is 17.8 Å². The number of halogens is 1. The van der Waals surface area contributed by atoms with Gasteiger partial charge in [-0.15, -0.1) is 0 Å². The largest absolute Gasteiger partial charge is 0.397 e. The molecular formula is C10H12FN3O2S. The van der Waals surface area contributed by atoms with E-state index in [0.717, 1.165) is 12.1 Å². The first kappa shape index (κ1) is 13.3. The van der Waals surface area contributed by atoms with Crippen LogP contribution in [0.4, 0.5) is 15.8 Å².